The van der Waals surface area contributed by atoms with Crippen molar-refractivity contribution in [3.8, 4) is 16.9 Å². The molecule has 0 fully saturated rings. The van der Waals surface area contributed by atoms with Crippen LogP contribution >= 0.6 is 11.6 Å². The van der Waals surface area contributed by atoms with Crippen molar-refractivity contribution in [2.45, 2.75) is 18.2 Å². The van der Waals surface area contributed by atoms with E-state index >= 15 is 0 Å². The quantitative estimate of drug-likeness (QED) is 0.616. The normalized spacial score (nSPS) is 16.0. The molecule has 2 aromatic carbocycles. The molecule has 1 unspecified atom stereocenters. The Morgan fingerprint density at radius 2 is 1.92 bits per heavy atom. The van der Waals surface area contributed by atoms with Crippen molar-refractivity contribution in [1.29, 1.82) is 0 Å². The summed E-state index contributed by atoms with van der Waals surface area (Å²) in [5.74, 6) is 0.495. The molecule has 126 valence electrons. The van der Waals surface area contributed by atoms with Crippen LogP contribution in [0.2, 0.25) is 5.02 Å². The second-order valence-corrected chi connectivity index (χ2v) is 8.02. The molecule has 0 N–H and O–H groups in total. The smallest absolute Gasteiger partial charge is 0.271 e. The standard InChI is InChI=1S/C19H15ClN2O2S/c1-12-2-7-17-16(10-12)19-13(8-9-25(17)24)11-18(23)22(21-19)15-5-3-14(20)4-6-15/h2-7,10-11H,8-9H2,1H3. The molecule has 0 bridgehead atoms. The number of fused-ring (bicyclic) bond motifs is 3. The summed E-state index contributed by atoms with van der Waals surface area (Å²) in [6.45, 7) is 1.99. The fraction of sp³-hybridized carbons (Fsp3) is 0.158. The first-order valence-electron chi connectivity index (χ1n) is 7.91. The zero-order chi connectivity index (χ0) is 17.6. The number of hydrogen-bond donors (Lipinski definition) is 0. The van der Waals surface area contributed by atoms with Crippen LogP contribution in [0.25, 0.3) is 16.9 Å². The summed E-state index contributed by atoms with van der Waals surface area (Å²) in [7, 11) is 0. The fourth-order valence-electron chi connectivity index (χ4n) is 3.02. The zero-order valence-electron chi connectivity index (χ0n) is 13.5. The Morgan fingerprint density at radius 3 is 2.68 bits per heavy atom. The van der Waals surface area contributed by atoms with E-state index in [1.165, 1.54) is 4.68 Å². The van der Waals surface area contributed by atoms with Gasteiger partial charge in [0.05, 0.1) is 16.9 Å². The third-order valence-electron chi connectivity index (χ3n) is 4.27. The molecule has 0 saturated carbocycles. The summed E-state index contributed by atoms with van der Waals surface area (Å²) in [4.78, 5) is 13.3. The largest absolute Gasteiger partial charge is 0.611 e. The lowest BCUT2D eigenvalue weighted by atomic mass is 10.0. The van der Waals surface area contributed by atoms with Gasteiger partial charge in [0.1, 0.15) is 5.75 Å². The van der Waals surface area contributed by atoms with Crippen molar-refractivity contribution in [2.75, 3.05) is 5.75 Å². The highest BCUT2D eigenvalue weighted by Gasteiger charge is 2.26. The molecule has 4 rings (SSSR count). The highest BCUT2D eigenvalue weighted by atomic mass is 35.5. The third-order valence-corrected chi connectivity index (χ3v) is 5.95. The molecule has 1 aliphatic heterocycles. The molecule has 0 saturated heterocycles. The predicted molar refractivity (Wildman–Crippen MR) is 100.0 cm³/mol. The van der Waals surface area contributed by atoms with E-state index in [0.717, 1.165) is 27.3 Å². The Bertz CT molecular complexity index is 1010. The predicted octanol–water partition coefficient (Wildman–Crippen LogP) is 3.53. The van der Waals surface area contributed by atoms with Gasteiger partial charge in [0.2, 0.25) is 0 Å². The molecule has 1 atom stereocenters. The Balaban J connectivity index is 1.97. The van der Waals surface area contributed by atoms with Crippen LogP contribution in [-0.2, 0) is 17.6 Å². The average Bonchev–Trinajstić information content (AvgIpc) is 2.72. The molecule has 3 aromatic rings. The molecule has 6 heteroatoms. The van der Waals surface area contributed by atoms with Gasteiger partial charge >= 0.3 is 0 Å². The first-order chi connectivity index (χ1) is 12.0. The summed E-state index contributed by atoms with van der Waals surface area (Å²) in [5.41, 5.74) is 3.91. The number of halogens is 1. The topological polar surface area (TPSA) is 58.0 Å². The van der Waals surface area contributed by atoms with Crippen LogP contribution in [0.1, 0.15) is 11.1 Å². The molecule has 1 aromatic heterocycles. The van der Waals surface area contributed by atoms with Gasteiger partial charge in [-0.25, -0.2) is 0 Å². The van der Waals surface area contributed by atoms with E-state index in [1.807, 2.05) is 25.1 Å². The van der Waals surface area contributed by atoms with E-state index < -0.39 is 11.2 Å². The molecular formula is C19H15ClN2O2S. The number of rotatable bonds is 1. The minimum atomic E-state index is -1.10. The van der Waals surface area contributed by atoms with Gasteiger partial charge in [0, 0.05) is 17.5 Å². The van der Waals surface area contributed by atoms with Crippen molar-refractivity contribution in [3.63, 3.8) is 0 Å². The van der Waals surface area contributed by atoms with E-state index in [2.05, 4.69) is 5.10 Å². The highest BCUT2D eigenvalue weighted by Crippen LogP contribution is 2.33. The molecule has 1 aliphatic rings. The van der Waals surface area contributed by atoms with Gasteiger partial charge in [-0.1, -0.05) is 23.2 Å². The van der Waals surface area contributed by atoms with Gasteiger partial charge in [-0.2, -0.15) is 9.78 Å². The van der Waals surface area contributed by atoms with Gasteiger partial charge in [-0.3, -0.25) is 4.79 Å². The second kappa shape index (κ2) is 6.33. The zero-order valence-corrected chi connectivity index (χ0v) is 15.1. The van der Waals surface area contributed by atoms with Crippen LogP contribution in [0, 0.1) is 6.92 Å². The first-order valence-corrected chi connectivity index (χ1v) is 9.61. The van der Waals surface area contributed by atoms with E-state index in [1.54, 1.807) is 30.3 Å². The Hall–Kier alpha value is -2.08. The minimum Gasteiger partial charge on any atom is -0.611 e. The van der Waals surface area contributed by atoms with Gasteiger partial charge in [0.25, 0.3) is 5.56 Å². The number of hydrogen-bond acceptors (Lipinski definition) is 3. The van der Waals surface area contributed by atoms with Crippen LogP contribution in [-0.4, -0.2) is 20.1 Å². The second-order valence-electron chi connectivity index (χ2n) is 6.04. The van der Waals surface area contributed by atoms with Gasteiger partial charge in [-0.15, -0.1) is 0 Å². The number of benzene rings is 2. The van der Waals surface area contributed by atoms with Crippen molar-refractivity contribution >= 4 is 22.8 Å². The highest BCUT2D eigenvalue weighted by molar-refractivity contribution is 7.91. The molecule has 2 heterocycles. The number of aromatic nitrogens is 2. The summed E-state index contributed by atoms with van der Waals surface area (Å²) < 4.78 is 13.9. The maximum Gasteiger partial charge on any atom is 0.271 e. The maximum absolute atomic E-state index is 12.5. The van der Waals surface area contributed by atoms with E-state index in [4.69, 9.17) is 11.6 Å². The summed E-state index contributed by atoms with van der Waals surface area (Å²) in [6.07, 6.45) is 0.569. The molecule has 0 radical (unpaired) electrons. The monoisotopic (exact) mass is 370 g/mol. The van der Waals surface area contributed by atoms with Crippen LogP contribution in [0.3, 0.4) is 0 Å². The third kappa shape index (κ3) is 2.99. The van der Waals surface area contributed by atoms with Gasteiger partial charge in [-0.05, 0) is 60.1 Å². The minimum absolute atomic E-state index is 0.206. The molecule has 4 nitrogen and oxygen atoms in total. The Kier molecular flexibility index (Phi) is 4.15. The van der Waals surface area contributed by atoms with E-state index in [-0.39, 0.29) is 5.56 Å². The van der Waals surface area contributed by atoms with Crippen molar-refractivity contribution in [3.05, 3.63) is 75.0 Å². The van der Waals surface area contributed by atoms with Gasteiger partial charge < -0.3 is 4.55 Å². The summed E-state index contributed by atoms with van der Waals surface area (Å²) in [5, 5.41) is 5.22. The molecular weight excluding hydrogens is 356 g/mol. The number of nitrogens with zero attached hydrogens (tertiary/aromatic N) is 2. The molecule has 0 amide bonds. The maximum atomic E-state index is 12.5. The number of aryl methyl sites for hydroxylation is 2. The molecule has 0 aliphatic carbocycles. The van der Waals surface area contributed by atoms with E-state index in [0.29, 0.717) is 22.9 Å². The van der Waals surface area contributed by atoms with Crippen LogP contribution < -0.4 is 5.56 Å². The van der Waals surface area contributed by atoms with Crippen molar-refractivity contribution in [1.82, 2.24) is 9.78 Å². The lowest BCUT2D eigenvalue weighted by Crippen LogP contribution is -2.22. The van der Waals surface area contributed by atoms with Crippen molar-refractivity contribution in [2.24, 2.45) is 0 Å². The van der Waals surface area contributed by atoms with Crippen molar-refractivity contribution < 1.29 is 4.55 Å². The summed E-state index contributed by atoms with van der Waals surface area (Å²) >= 11 is 4.84. The Morgan fingerprint density at radius 1 is 1.16 bits per heavy atom. The van der Waals surface area contributed by atoms with Crippen LogP contribution in [0.15, 0.2) is 58.2 Å². The fourth-order valence-corrected chi connectivity index (χ4v) is 4.39. The SMILES string of the molecule is Cc1ccc2c(c1)-c1nn(-c3ccc(Cl)cc3)c(=O)cc1CC[S+]2[O-]. The summed E-state index contributed by atoms with van der Waals surface area (Å²) in [6, 6.07) is 14.4. The average molecular weight is 371 g/mol. The van der Waals surface area contributed by atoms with Crippen LogP contribution in [0.5, 0.6) is 0 Å². The molecule has 25 heavy (non-hydrogen) atoms. The molecule has 0 spiro atoms. The van der Waals surface area contributed by atoms with Crippen LogP contribution in [0.4, 0.5) is 0 Å². The first kappa shape index (κ1) is 16.4. The Labute approximate surface area is 153 Å². The van der Waals surface area contributed by atoms with E-state index in [9.17, 15) is 9.35 Å². The lowest BCUT2D eigenvalue weighted by molar-refractivity contribution is 0.595. The van der Waals surface area contributed by atoms with Gasteiger partial charge in [0.15, 0.2) is 4.90 Å². The lowest BCUT2D eigenvalue weighted by Gasteiger charge is -2.12.